The standard InChI is InChI=1S/C9H12N4O/c1-13-6-7(11-12-13)5-8(10)9-3-2-4-14-9/h2-4,6,8H,5,10H2,1H3. The fourth-order valence-corrected chi connectivity index (χ4v) is 1.32. The number of nitrogens with two attached hydrogens (primary N) is 1. The Labute approximate surface area is 81.5 Å². The Morgan fingerprint density at radius 2 is 2.50 bits per heavy atom. The van der Waals surface area contributed by atoms with E-state index in [-0.39, 0.29) is 6.04 Å². The Morgan fingerprint density at radius 3 is 3.07 bits per heavy atom. The van der Waals surface area contributed by atoms with Crippen molar-refractivity contribution in [2.75, 3.05) is 0 Å². The molecule has 1 unspecified atom stereocenters. The van der Waals surface area contributed by atoms with E-state index in [0.29, 0.717) is 6.42 Å². The highest BCUT2D eigenvalue weighted by atomic mass is 16.3. The zero-order valence-electron chi connectivity index (χ0n) is 7.92. The topological polar surface area (TPSA) is 69.9 Å². The first-order chi connectivity index (χ1) is 6.75. The van der Waals surface area contributed by atoms with Gasteiger partial charge >= 0.3 is 0 Å². The maximum Gasteiger partial charge on any atom is 0.120 e. The van der Waals surface area contributed by atoms with Crippen LogP contribution in [-0.4, -0.2) is 15.0 Å². The van der Waals surface area contributed by atoms with Crippen LogP contribution in [0.5, 0.6) is 0 Å². The van der Waals surface area contributed by atoms with Crippen LogP contribution in [-0.2, 0) is 13.5 Å². The summed E-state index contributed by atoms with van der Waals surface area (Å²) in [5.74, 6) is 0.774. The summed E-state index contributed by atoms with van der Waals surface area (Å²) in [7, 11) is 1.83. The van der Waals surface area contributed by atoms with Crippen LogP contribution in [0.15, 0.2) is 29.0 Å². The number of aromatic nitrogens is 3. The van der Waals surface area contributed by atoms with Crippen LogP contribution in [0.1, 0.15) is 17.5 Å². The molecule has 74 valence electrons. The SMILES string of the molecule is Cn1cc(CC(N)c2ccco2)nn1. The lowest BCUT2D eigenvalue weighted by Gasteiger charge is -2.04. The fourth-order valence-electron chi connectivity index (χ4n) is 1.32. The van der Waals surface area contributed by atoms with E-state index in [1.807, 2.05) is 25.4 Å². The minimum atomic E-state index is -0.151. The van der Waals surface area contributed by atoms with E-state index < -0.39 is 0 Å². The molecule has 2 heterocycles. The highest BCUT2D eigenvalue weighted by molar-refractivity contribution is 5.07. The zero-order valence-corrected chi connectivity index (χ0v) is 7.92. The average molecular weight is 192 g/mol. The first-order valence-corrected chi connectivity index (χ1v) is 4.40. The van der Waals surface area contributed by atoms with Gasteiger partial charge in [-0.05, 0) is 12.1 Å². The predicted octanol–water partition coefficient (Wildman–Crippen LogP) is 0.651. The van der Waals surface area contributed by atoms with Gasteiger partial charge in [-0.2, -0.15) is 0 Å². The monoisotopic (exact) mass is 192 g/mol. The lowest BCUT2D eigenvalue weighted by Crippen LogP contribution is -2.12. The Morgan fingerprint density at radius 1 is 1.64 bits per heavy atom. The third-order valence-electron chi connectivity index (χ3n) is 1.99. The second kappa shape index (κ2) is 3.63. The number of rotatable bonds is 3. The summed E-state index contributed by atoms with van der Waals surface area (Å²) < 4.78 is 6.85. The van der Waals surface area contributed by atoms with E-state index in [4.69, 9.17) is 10.2 Å². The molecule has 2 aromatic rings. The van der Waals surface area contributed by atoms with Crippen LogP contribution in [0.2, 0.25) is 0 Å². The summed E-state index contributed by atoms with van der Waals surface area (Å²) in [4.78, 5) is 0. The molecule has 0 saturated heterocycles. The van der Waals surface area contributed by atoms with Gasteiger partial charge in [-0.3, -0.25) is 4.68 Å². The molecule has 0 aromatic carbocycles. The molecule has 0 bridgehead atoms. The molecule has 0 radical (unpaired) electrons. The number of furan rings is 1. The van der Waals surface area contributed by atoms with Crippen molar-refractivity contribution < 1.29 is 4.42 Å². The second-order valence-electron chi connectivity index (χ2n) is 3.21. The fraction of sp³-hybridized carbons (Fsp3) is 0.333. The second-order valence-corrected chi connectivity index (χ2v) is 3.21. The van der Waals surface area contributed by atoms with E-state index in [1.165, 1.54) is 0 Å². The Kier molecular flexibility index (Phi) is 2.32. The molecule has 0 aliphatic carbocycles. The number of hydrogen-bond donors (Lipinski definition) is 1. The zero-order chi connectivity index (χ0) is 9.97. The molecule has 0 spiro atoms. The molecule has 5 heteroatoms. The van der Waals surface area contributed by atoms with Gasteiger partial charge in [0, 0.05) is 19.7 Å². The summed E-state index contributed by atoms with van der Waals surface area (Å²) in [5.41, 5.74) is 6.78. The first kappa shape index (κ1) is 8.96. The summed E-state index contributed by atoms with van der Waals surface area (Å²) in [5, 5.41) is 7.79. The van der Waals surface area contributed by atoms with Crippen molar-refractivity contribution >= 4 is 0 Å². The molecular weight excluding hydrogens is 180 g/mol. The van der Waals surface area contributed by atoms with Gasteiger partial charge in [-0.15, -0.1) is 5.10 Å². The summed E-state index contributed by atoms with van der Waals surface area (Å²) in [6.45, 7) is 0. The minimum Gasteiger partial charge on any atom is -0.468 e. The molecule has 2 aromatic heterocycles. The molecule has 0 aliphatic heterocycles. The van der Waals surface area contributed by atoms with Crippen molar-refractivity contribution in [1.29, 1.82) is 0 Å². The van der Waals surface area contributed by atoms with Gasteiger partial charge in [0.15, 0.2) is 0 Å². The van der Waals surface area contributed by atoms with E-state index in [0.717, 1.165) is 11.5 Å². The molecule has 5 nitrogen and oxygen atoms in total. The van der Waals surface area contributed by atoms with Crippen molar-refractivity contribution in [3.05, 3.63) is 36.0 Å². The van der Waals surface area contributed by atoms with Gasteiger partial charge in [-0.1, -0.05) is 5.21 Å². The predicted molar refractivity (Wildman–Crippen MR) is 50.3 cm³/mol. The summed E-state index contributed by atoms with van der Waals surface area (Å²) in [6, 6.07) is 3.54. The van der Waals surface area contributed by atoms with Crippen LogP contribution in [0.4, 0.5) is 0 Å². The van der Waals surface area contributed by atoms with Crippen LogP contribution in [0.3, 0.4) is 0 Å². The molecule has 0 saturated carbocycles. The highest BCUT2D eigenvalue weighted by Gasteiger charge is 2.11. The van der Waals surface area contributed by atoms with Gasteiger partial charge in [0.25, 0.3) is 0 Å². The van der Waals surface area contributed by atoms with E-state index in [1.54, 1.807) is 10.9 Å². The van der Waals surface area contributed by atoms with Crippen LogP contribution >= 0.6 is 0 Å². The molecule has 14 heavy (non-hydrogen) atoms. The van der Waals surface area contributed by atoms with Crippen LogP contribution in [0, 0.1) is 0 Å². The third-order valence-corrected chi connectivity index (χ3v) is 1.99. The molecule has 0 fully saturated rings. The largest absolute Gasteiger partial charge is 0.468 e. The maximum absolute atomic E-state index is 5.91. The highest BCUT2D eigenvalue weighted by Crippen LogP contribution is 2.14. The van der Waals surface area contributed by atoms with Crippen molar-refractivity contribution in [3.8, 4) is 0 Å². The van der Waals surface area contributed by atoms with Gasteiger partial charge in [-0.25, -0.2) is 0 Å². The average Bonchev–Trinajstić information content (AvgIpc) is 2.75. The van der Waals surface area contributed by atoms with Crippen molar-refractivity contribution in [1.82, 2.24) is 15.0 Å². The van der Waals surface area contributed by atoms with Crippen molar-refractivity contribution in [2.24, 2.45) is 12.8 Å². The Balaban J connectivity index is 2.05. The van der Waals surface area contributed by atoms with E-state index >= 15 is 0 Å². The Hall–Kier alpha value is -1.62. The van der Waals surface area contributed by atoms with Gasteiger partial charge < -0.3 is 10.2 Å². The van der Waals surface area contributed by atoms with Crippen molar-refractivity contribution in [3.63, 3.8) is 0 Å². The molecule has 2 N–H and O–H groups in total. The van der Waals surface area contributed by atoms with Gasteiger partial charge in [0.05, 0.1) is 18.0 Å². The molecule has 0 aliphatic rings. The third kappa shape index (κ3) is 1.82. The van der Waals surface area contributed by atoms with Crippen LogP contribution in [0.25, 0.3) is 0 Å². The summed E-state index contributed by atoms with van der Waals surface area (Å²) in [6.07, 6.45) is 4.11. The molecule has 2 rings (SSSR count). The smallest absolute Gasteiger partial charge is 0.120 e. The number of nitrogens with zero attached hydrogens (tertiary/aromatic N) is 3. The maximum atomic E-state index is 5.91. The van der Waals surface area contributed by atoms with Gasteiger partial charge in [0.2, 0.25) is 0 Å². The lowest BCUT2D eigenvalue weighted by atomic mass is 10.1. The normalized spacial score (nSPS) is 13.0. The van der Waals surface area contributed by atoms with Gasteiger partial charge in [0.1, 0.15) is 5.76 Å². The van der Waals surface area contributed by atoms with Crippen molar-refractivity contribution in [2.45, 2.75) is 12.5 Å². The van der Waals surface area contributed by atoms with Crippen LogP contribution < -0.4 is 5.73 Å². The number of aryl methyl sites for hydroxylation is 1. The quantitative estimate of drug-likeness (QED) is 0.775. The number of hydrogen-bond acceptors (Lipinski definition) is 4. The molecular formula is C9H12N4O. The first-order valence-electron chi connectivity index (χ1n) is 4.40. The molecule has 1 atom stereocenters. The molecule has 0 amide bonds. The minimum absolute atomic E-state index is 0.151. The van der Waals surface area contributed by atoms with E-state index in [9.17, 15) is 0 Å². The van der Waals surface area contributed by atoms with E-state index in [2.05, 4.69) is 10.3 Å². The Bertz CT molecular complexity index is 393. The summed E-state index contributed by atoms with van der Waals surface area (Å²) >= 11 is 0. The lowest BCUT2D eigenvalue weighted by molar-refractivity contribution is 0.463.